The third-order valence-electron chi connectivity index (χ3n) is 3.89. The van der Waals surface area contributed by atoms with Gasteiger partial charge in [-0.25, -0.2) is 0 Å². The Bertz CT molecular complexity index is 426. The number of carboxylic acids is 1. The van der Waals surface area contributed by atoms with Crippen LogP contribution in [-0.2, 0) is 23.1 Å². The summed E-state index contributed by atoms with van der Waals surface area (Å²) in [7, 11) is 0. The summed E-state index contributed by atoms with van der Waals surface area (Å²) in [5.74, 6) is -0.869. The van der Waals surface area contributed by atoms with E-state index in [0.717, 1.165) is 19.3 Å². The molecule has 0 aromatic carbocycles. The number of fused-ring (bicyclic) bond motifs is 1. The first-order chi connectivity index (χ1) is 7.63. The van der Waals surface area contributed by atoms with E-state index < -0.39 is 12.0 Å². The molecule has 86 valence electrons. The predicted molar refractivity (Wildman–Crippen MR) is 62.9 cm³/mol. The zero-order chi connectivity index (χ0) is 11.3. The van der Waals surface area contributed by atoms with Crippen molar-refractivity contribution in [2.45, 2.75) is 43.6 Å². The Morgan fingerprint density at radius 3 is 2.81 bits per heavy atom. The van der Waals surface area contributed by atoms with Crippen LogP contribution in [0.5, 0.6) is 0 Å². The quantitative estimate of drug-likeness (QED) is 0.840. The van der Waals surface area contributed by atoms with Gasteiger partial charge in [0.25, 0.3) is 0 Å². The van der Waals surface area contributed by atoms with Crippen LogP contribution in [0, 0.1) is 0 Å². The summed E-state index contributed by atoms with van der Waals surface area (Å²) >= 11 is 1.79. The van der Waals surface area contributed by atoms with Gasteiger partial charge in [-0.1, -0.05) is 0 Å². The Kier molecular flexibility index (Phi) is 2.13. The van der Waals surface area contributed by atoms with E-state index in [-0.39, 0.29) is 5.41 Å². The predicted octanol–water partition coefficient (Wildman–Crippen LogP) is 1.68. The zero-order valence-electron chi connectivity index (χ0n) is 9.03. The van der Waals surface area contributed by atoms with Gasteiger partial charge in [-0.3, -0.25) is 4.79 Å². The van der Waals surface area contributed by atoms with Gasteiger partial charge in [0.15, 0.2) is 0 Å². The van der Waals surface area contributed by atoms with Crippen molar-refractivity contribution in [1.29, 1.82) is 0 Å². The second-order valence-corrected chi connectivity index (χ2v) is 6.02. The van der Waals surface area contributed by atoms with Gasteiger partial charge in [0.1, 0.15) is 6.04 Å². The monoisotopic (exact) mass is 237 g/mol. The van der Waals surface area contributed by atoms with Gasteiger partial charge in [0.05, 0.1) is 0 Å². The number of carbonyl (C=O) groups is 1. The van der Waals surface area contributed by atoms with E-state index in [4.69, 9.17) is 10.8 Å². The second kappa shape index (κ2) is 3.31. The third-order valence-corrected chi connectivity index (χ3v) is 5.34. The molecular formula is C12H15NO2S. The van der Waals surface area contributed by atoms with Crippen molar-refractivity contribution >= 4 is 17.3 Å². The highest BCUT2D eigenvalue weighted by Gasteiger charge is 2.53. The van der Waals surface area contributed by atoms with Crippen molar-refractivity contribution in [3.63, 3.8) is 0 Å². The number of aryl methyl sites for hydroxylation is 2. The Morgan fingerprint density at radius 1 is 1.50 bits per heavy atom. The van der Waals surface area contributed by atoms with Crippen LogP contribution in [0.3, 0.4) is 0 Å². The van der Waals surface area contributed by atoms with Crippen LogP contribution in [0.15, 0.2) is 6.07 Å². The minimum absolute atomic E-state index is 0.235. The normalized spacial score (nSPS) is 22.8. The van der Waals surface area contributed by atoms with E-state index in [2.05, 4.69) is 6.07 Å². The smallest absolute Gasteiger partial charge is 0.321 e. The van der Waals surface area contributed by atoms with Crippen LogP contribution < -0.4 is 5.73 Å². The maximum absolute atomic E-state index is 11.0. The Balaban J connectivity index is 1.94. The molecule has 1 unspecified atom stereocenters. The molecule has 0 spiro atoms. The van der Waals surface area contributed by atoms with Crippen molar-refractivity contribution in [2.24, 2.45) is 5.73 Å². The van der Waals surface area contributed by atoms with Crippen LogP contribution in [0.2, 0.25) is 0 Å². The summed E-state index contributed by atoms with van der Waals surface area (Å²) in [6.07, 6.45) is 5.43. The lowest BCUT2D eigenvalue weighted by Gasteiger charge is -2.17. The van der Waals surface area contributed by atoms with Crippen molar-refractivity contribution in [2.75, 3.05) is 0 Å². The molecule has 2 aliphatic rings. The number of hydrogen-bond acceptors (Lipinski definition) is 3. The molecule has 1 aromatic heterocycles. The number of thiophene rings is 1. The Morgan fingerprint density at radius 2 is 2.25 bits per heavy atom. The summed E-state index contributed by atoms with van der Waals surface area (Å²) in [5.41, 5.74) is 7.01. The molecule has 1 atom stereocenters. The molecule has 0 radical (unpaired) electrons. The molecule has 0 amide bonds. The zero-order valence-corrected chi connectivity index (χ0v) is 9.85. The topological polar surface area (TPSA) is 63.3 Å². The number of hydrogen-bond donors (Lipinski definition) is 2. The fraction of sp³-hybridized carbons (Fsp3) is 0.583. The van der Waals surface area contributed by atoms with Crippen molar-refractivity contribution in [1.82, 2.24) is 0 Å². The number of nitrogens with two attached hydrogens (primary N) is 1. The van der Waals surface area contributed by atoms with E-state index in [9.17, 15) is 4.79 Å². The molecule has 2 aliphatic carbocycles. The average molecular weight is 237 g/mol. The first-order valence-corrected chi connectivity index (χ1v) is 6.55. The lowest BCUT2D eigenvalue weighted by molar-refractivity contribution is -0.139. The molecule has 4 heteroatoms. The maximum atomic E-state index is 11.0. The van der Waals surface area contributed by atoms with Gasteiger partial charge >= 0.3 is 5.97 Å². The van der Waals surface area contributed by atoms with Crippen molar-refractivity contribution in [3.8, 4) is 0 Å². The molecule has 1 saturated carbocycles. The lowest BCUT2D eigenvalue weighted by Crippen LogP contribution is -2.41. The van der Waals surface area contributed by atoms with E-state index in [1.807, 2.05) is 0 Å². The summed E-state index contributed by atoms with van der Waals surface area (Å²) < 4.78 is 0. The molecule has 0 bridgehead atoms. The van der Waals surface area contributed by atoms with Gasteiger partial charge in [0, 0.05) is 15.2 Å². The molecule has 1 aromatic rings. The number of aliphatic carboxylic acids is 1. The maximum Gasteiger partial charge on any atom is 0.321 e. The Labute approximate surface area is 98.3 Å². The Hall–Kier alpha value is -0.870. The minimum Gasteiger partial charge on any atom is -0.480 e. The van der Waals surface area contributed by atoms with E-state index in [1.54, 1.807) is 11.3 Å². The van der Waals surface area contributed by atoms with E-state index in [0.29, 0.717) is 0 Å². The SMILES string of the molecule is NC(C(=O)O)C1(c2cc3c(s2)CCC3)CC1. The molecule has 3 N–H and O–H groups in total. The van der Waals surface area contributed by atoms with Crippen LogP contribution in [-0.4, -0.2) is 17.1 Å². The summed E-state index contributed by atoms with van der Waals surface area (Å²) in [5, 5.41) is 9.05. The van der Waals surface area contributed by atoms with E-state index in [1.165, 1.54) is 28.2 Å². The number of carboxylic acid groups (broad SMARTS) is 1. The van der Waals surface area contributed by atoms with Gasteiger partial charge in [-0.2, -0.15) is 0 Å². The van der Waals surface area contributed by atoms with Crippen LogP contribution in [0.4, 0.5) is 0 Å². The fourth-order valence-electron chi connectivity index (χ4n) is 2.66. The van der Waals surface area contributed by atoms with E-state index >= 15 is 0 Å². The molecule has 1 heterocycles. The van der Waals surface area contributed by atoms with Crippen molar-refractivity contribution < 1.29 is 9.90 Å². The molecular weight excluding hydrogens is 222 g/mol. The van der Waals surface area contributed by atoms with Gasteiger partial charge in [0.2, 0.25) is 0 Å². The summed E-state index contributed by atoms with van der Waals surface area (Å²) in [6.45, 7) is 0. The van der Waals surface area contributed by atoms with Crippen molar-refractivity contribution in [3.05, 3.63) is 21.4 Å². The first kappa shape index (κ1) is 10.3. The van der Waals surface area contributed by atoms with Crippen LogP contribution in [0.1, 0.15) is 34.6 Å². The summed E-state index contributed by atoms with van der Waals surface area (Å²) in [6, 6.07) is 1.48. The first-order valence-electron chi connectivity index (χ1n) is 5.74. The standard InChI is InChI=1S/C12H15NO2S/c13-10(11(14)15)12(4-5-12)9-6-7-2-1-3-8(7)16-9/h6,10H,1-5,13H2,(H,14,15). The highest BCUT2D eigenvalue weighted by Crippen LogP contribution is 2.53. The number of rotatable bonds is 3. The van der Waals surface area contributed by atoms with Crippen LogP contribution in [0.25, 0.3) is 0 Å². The third kappa shape index (κ3) is 1.33. The van der Waals surface area contributed by atoms with Gasteiger partial charge < -0.3 is 10.8 Å². The highest BCUT2D eigenvalue weighted by molar-refractivity contribution is 7.12. The molecule has 3 rings (SSSR count). The molecule has 0 aliphatic heterocycles. The fourth-order valence-corrected chi connectivity index (χ4v) is 4.20. The largest absolute Gasteiger partial charge is 0.480 e. The summed E-state index contributed by atoms with van der Waals surface area (Å²) in [4.78, 5) is 13.7. The van der Waals surface area contributed by atoms with Crippen LogP contribution >= 0.6 is 11.3 Å². The molecule has 0 saturated heterocycles. The molecule has 3 nitrogen and oxygen atoms in total. The molecule has 1 fully saturated rings. The minimum atomic E-state index is -0.869. The highest BCUT2D eigenvalue weighted by atomic mass is 32.1. The lowest BCUT2D eigenvalue weighted by atomic mass is 9.95. The average Bonchev–Trinajstić information content (AvgIpc) is 2.75. The van der Waals surface area contributed by atoms with Gasteiger partial charge in [-0.05, 0) is 43.7 Å². The van der Waals surface area contributed by atoms with Gasteiger partial charge in [-0.15, -0.1) is 11.3 Å². The second-order valence-electron chi connectivity index (χ2n) is 4.88. The molecule has 16 heavy (non-hydrogen) atoms.